The topological polar surface area (TPSA) is 66.4 Å². The molecular formula is C13H13F4NO3. The molecule has 21 heavy (non-hydrogen) atoms. The molecular weight excluding hydrogens is 294 g/mol. The van der Waals surface area contributed by atoms with E-state index < -0.39 is 41.0 Å². The number of carboxylic acids is 1. The first kappa shape index (κ1) is 16.9. The first-order valence-corrected chi connectivity index (χ1v) is 6.06. The second-order valence-corrected chi connectivity index (χ2v) is 4.38. The maximum absolute atomic E-state index is 13.2. The highest BCUT2D eigenvalue weighted by Gasteiger charge is 2.32. The normalized spacial score (nSPS) is 12.8. The van der Waals surface area contributed by atoms with Crippen LogP contribution in [0.15, 0.2) is 18.2 Å². The number of nitrogens with one attached hydrogen (secondary N) is 1. The van der Waals surface area contributed by atoms with Crippen LogP contribution in [0.25, 0.3) is 0 Å². The molecule has 0 fully saturated rings. The van der Waals surface area contributed by atoms with Crippen molar-refractivity contribution in [2.75, 3.05) is 0 Å². The van der Waals surface area contributed by atoms with Gasteiger partial charge in [-0.05, 0) is 24.6 Å². The van der Waals surface area contributed by atoms with Gasteiger partial charge in [0.2, 0.25) is 0 Å². The molecule has 0 bridgehead atoms. The molecule has 4 nitrogen and oxygen atoms in total. The number of carbonyl (C=O) groups excluding carboxylic acids is 1. The van der Waals surface area contributed by atoms with Gasteiger partial charge in [0, 0.05) is 5.56 Å². The highest BCUT2D eigenvalue weighted by Crippen LogP contribution is 2.30. The molecule has 0 heterocycles. The number of hydrogen-bond acceptors (Lipinski definition) is 2. The molecule has 0 saturated heterocycles. The highest BCUT2D eigenvalue weighted by molar-refractivity contribution is 5.96. The standard InChI is InChI=1S/C13H13F4NO3/c1-2-3-10(12(20)21)18-11(19)7-4-8(13(15,16)17)6-9(14)5-7/h4-6,10H,2-3H2,1H3,(H,18,19)(H,20,21). The fourth-order valence-electron chi connectivity index (χ4n) is 1.67. The van der Waals surface area contributed by atoms with Gasteiger partial charge in [-0.15, -0.1) is 0 Å². The van der Waals surface area contributed by atoms with E-state index in [1.54, 1.807) is 6.92 Å². The van der Waals surface area contributed by atoms with Gasteiger partial charge in [-0.3, -0.25) is 4.79 Å². The van der Waals surface area contributed by atoms with Crippen molar-refractivity contribution in [3.63, 3.8) is 0 Å². The highest BCUT2D eigenvalue weighted by atomic mass is 19.4. The van der Waals surface area contributed by atoms with Crippen LogP contribution in [-0.4, -0.2) is 23.0 Å². The van der Waals surface area contributed by atoms with Gasteiger partial charge >= 0.3 is 12.1 Å². The zero-order chi connectivity index (χ0) is 16.2. The number of rotatable bonds is 5. The third kappa shape index (κ3) is 4.73. The molecule has 0 aliphatic carbocycles. The number of halogens is 4. The molecule has 0 aliphatic heterocycles. The van der Waals surface area contributed by atoms with Crippen LogP contribution in [0.4, 0.5) is 17.6 Å². The van der Waals surface area contributed by atoms with Crippen LogP contribution in [0.3, 0.4) is 0 Å². The minimum Gasteiger partial charge on any atom is -0.480 e. The Bertz CT molecular complexity index is 543. The van der Waals surface area contributed by atoms with Crippen molar-refractivity contribution in [1.82, 2.24) is 5.32 Å². The molecule has 1 amide bonds. The predicted molar refractivity (Wildman–Crippen MR) is 65.2 cm³/mol. The van der Waals surface area contributed by atoms with Crippen molar-refractivity contribution in [3.8, 4) is 0 Å². The SMILES string of the molecule is CCCC(NC(=O)c1cc(F)cc(C(F)(F)F)c1)C(=O)O. The van der Waals surface area contributed by atoms with Crippen LogP contribution in [0, 0.1) is 5.82 Å². The number of alkyl halides is 3. The van der Waals surface area contributed by atoms with E-state index in [-0.39, 0.29) is 12.5 Å². The minimum atomic E-state index is -4.80. The molecule has 1 rings (SSSR count). The summed E-state index contributed by atoms with van der Waals surface area (Å²) in [6.07, 6.45) is -4.23. The zero-order valence-corrected chi connectivity index (χ0v) is 11.0. The van der Waals surface area contributed by atoms with E-state index in [1.807, 2.05) is 0 Å². The van der Waals surface area contributed by atoms with Gasteiger partial charge in [-0.1, -0.05) is 13.3 Å². The van der Waals surface area contributed by atoms with Gasteiger partial charge < -0.3 is 10.4 Å². The van der Waals surface area contributed by atoms with E-state index in [1.165, 1.54) is 0 Å². The van der Waals surface area contributed by atoms with E-state index in [0.29, 0.717) is 18.6 Å². The van der Waals surface area contributed by atoms with Crippen molar-refractivity contribution in [3.05, 3.63) is 35.1 Å². The summed E-state index contributed by atoms with van der Waals surface area (Å²) in [5, 5.41) is 10.9. The molecule has 0 aromatic heterocycles. The van der Waals surface area contributed by atoms with Crippen molar-refractivity contribution in [2.45, 2.75) is 32.0 Å². The lowest BCUT2D eigenvalue weighted by molar-refractivity contribution is -0.139. The van der Waals surface area contributed by atoms with Gasteiger partial charge in [0.25, 0.3) is 5.91 Å². The number of hydrogen-bond donors (Lipinski definition) is 2. The quantitative estimate of drug-likeness (QED) is 0.822. The Labute approximate surface area is 117 Å². The molecule has 0 spiro atoms. The van der Waals surface area contributed by atoms with Crippen LogP contribution >= 0.6 is 0 Å². The van der Waals surface area contributed by atoms with Crippen LogP contribution in [-0.2, 0) is 11.0 Å². The van der Waals surface area contributed by atoms with Crippen LogP contribution < -0.4 is 5.32 Å². The van der Waals surface area contributed by atoms with Gasteiger partial charge in [-0.25, -0.2) is 9.18 Å². The summed E-state index contributed by atoms with van der Waals surface area (Å²) in [7, 11) is 0. The molecule has 1 unspecified atom stereocenters. The maximum atomic E-state index is 13.2. The molecule has 1 aromatic carbocycles. The average molecular weight is 307 g/mol. The summed E-state index contributed by atoms with van der Waals surface area (Å²) < 4.78 is 50.8. The Morgan fingerprint density at radius 1 is 1.29 bits per heavy atom. The van der Waals surface area contributed by atoms with Gasteiger partial charge in [0.1, 0.15) is 11.9 Å². The van der Waals surface area contributed by atoms with Crippen LogP contribution in [0.5, 0.6) is 0 Å². The Kier molecular flexibility index (Phi) is 5.28. The van der Waals surface area contributed by atoms with Gasteiger partial charge in [0.05, 0.1) is 5.56 Å². The lowest BCUT2D eigenvalue weighted by atomic mass is 10.1. The first-order chi connectivity index (χ1) is 9.65. The Morgan fingerprint density at radius 2 is 1.90 bits per heavy atom. The molecule has 8 heteroatoms. The number of carbonyl (C=O) groups is 2. The maximum Gasteiger partial charge on any atom is 0.416 e. The summed E-state index contributed by atoms with van der Waals surface area (Å²) in [5.41, 5.74) is -1.89. The van der Waals surface area contributed by atoms with Crippen LogP contribution in [0.2, 0.25) is 0 Å². The fourth-order valence-corrected chi connectivity index (χ4v) is 1.67. The second-order valence-electron chi connectivity index (χ2n) is 4.38. The van der Waals surface area contributed by atoms with E-state index >= 15 is 0 Å². The van der Waals surface area contributed by atoms with Gasteiger partial charge in [-0.2, -0.15) is 13.2 Å². The van der Waals surface area contributed by atoms with Crippen molar-refractivity contribution in [1.29, 1.82) is 0 Å². The first-order valence-electron chi connectivity index (χ1n) is 6.06. The Hall–Kier alpha value is -2.12. The summed E-state index contributed by atoms with van der Waals surface area (Å²) in [6.45, 7) is 1.69. The van der Waals surface area contributed by atoms with Gasteiger partial charge in [0.15, 0.2) is 0 Å². The van der Waals surface area contributed by atoms with Crippen LogP contribution in [0.1, 0.15) is 35.7 Å². The monoisotopic (exact) mass is 307 g/mol. The smallest absolute Gasteiger partial charge is 0.416 e. The Balaban J connectivity index is 3.02. The second kappa shape index (κ2) is 6.55. The summed E-state index contributed by atoms with van der Waals surface area (Å²) >= 11 is 0. The lowest BCUT2D eigenvalue weighted by Gasteiger charge is -2.14. The molecule has 0 aliphatic rings. The van der Waals surface area contributed by atoms with Crippen molar-refractivity contribution < 1.29 is 32.3 Å². The number of amides is 1. The van der Waals surface area contributed by atoms with Crippen molar-refractivity contribution in [2.24, 2.45) is 0 Å². The predicted octanol–water partition coefficient (Wildman–Crippen LogP) is 2.83. The van der Waals surface area contributed by atoms with E-state index in [0.717, 1.165) is 0 Å². The zero-order valence-electron chi connectivity index (χ0n) is 11.0. The Morgan fingerprint density at radius 3 is 2.38 bits per heavy atom. The third-order valence-electron chi connectivity index (χ3n) is 2.67. The molecule has 0 saturated carbocycles. The largest absolute Gasteiger partial charge is 0.480 e. The van der Waals surface area contributed by atoms with Crippen molar-refractivity contribution >= 4 is 11.9 Å². The molecule has 1 aromatic rings. The lowest BCUT2D eigenvalue weighted by Crippen LogP contribution is -2.40. The fraction of sp³-hybridized carbons (Fsp3) is 0.385. The summed E-state index contributed by atoms with van der Waals surface area (Å²) in [4.78, 5) is 22.6. The number of aliphatic carboxylic acids is 1. The summed E-state index contributed by atoms with van der Waals surface area (Å²) in [5.74, 6) is -3.60. The molecule has 2 N–H and O–H groups in total. The van der Waals surface area contributed by atoms with E-state index in [4.69, 9.17) is 5.11 Å². The number of carboxylic acid groups (broad SMARTS) is 1. The summed E-state index contributed by atoms with van der Waals surface area (Å²) in [6, 6.07) is 0.121. The van der Waals surface area contributed by atoms with E-state index in [2.05, 4.69) is 5.32 Å². The molecule has 0 radical (unpaired) electrons. The third-order valence-corrected chi connectivity index (χ3v) is 2.67. The molecule has 1 atom stereocenters. The average Bonchev–Trinajstić information content (AvgIpc) is 2.36. The number of benzene rings is 1. The minimum absolute atomic E-state index is 0.114. The molecule has 116 valence electrons. The van der Waals surface area contributed by atoms with E-state index in [9.17, 15) is 27.2 Å².